The van der Waals surface area contributed by atoms with Crippen LogP contribution in [0.2, 0.25) is 0 Å². The first-order valence-electron chi connectivity index (χ1n) is 14.2. The number of rotatable bonds is 5. The molecule has 3 aliphatic heterocycles. The van der Waals surface area contributed by atoms with E-state index in [1.165, 1.54) is 17.7 Å². The zero-order valence-electron chi connectivity index (χ0n) is 24.0. The lowest BCUT2D eigenvalue weighted by molar-refractivity contribution is -0.137. The summed E-state index contributed by atoms with van der Waals surface area (Å²) in [4.78, 5) is 30.6. The Balaban J connectivity index is 0.000000172. The van der Waals surface area contributed by atoms with Crippen LogP contribution in [0, 0.1) is 0 Å². The molecular formula is C31H34F3N5O4. The van der Waals surface area contributed by atoms with E-state index in [-0.39, 0.29) is 17.2 Å². The van der Waals surface area contributed by atoms with Crippen LogP contribution in [0.5, 0.6) is 17.2 Å². The molecule has 43 heavy (non-hydrogen) atoms. The van der Waals surface area contributed by atoms with Gasteiger partial charge in [-0.25, -0.2) is 4.98 Å². The number of aromatic nitrogens is 1. The molecule has 1 atom stereocenters. The van der Waals surface area contributed by atoms with Gasteiger partial charge in [0.05, 0.1) is 12.2 Å². The highest BCUT2D eigenvalue weighted by Crippen LogP contribution is 2.39. The average Bonchev–Trinajstić information content (AvgIpc) is 3.36. The molecule has 0 bridgehead atoms. The molecule has 4 heterocycles. The van der Waals surface area contributed by atoms with Crippen LogP contribution in [0.3, 0.4) is 0 Å². The Morgan fingerprint density at radius 3 is 2.58 bits per heavy atom. The number of amides is 2. The number of benzene rings is 2. The topological polar surface area (TPSA) is 110 Å². The number of hydrogen-bond donors (Lipinski definition) is 2. The number of halogens is 3. The number of likely N-dealkylation sites (N-methyl/N-ethyl adjacent to an activating group) is 1. The van der Waals surface area contributed by atoms with E-state index in [0.717, 1.165) is 55.1 Å². The van der Waals surface area contributed by atoms with Gasteiger partial charge in [0.15, 0.2) is 0 Å². The number of alkyl halides is 3. The van der Waals surface area contributed by atoms with Crippen molar-refractivity contribution in [3.8, 4) is 17.2 Å². The molecule has 0 saturated carbocycles. The minimum atomic E-state index is -4.51. The van der Waals surface area contributed by atoms with Crippen LogP contribution in [0.4, 0.5) is 24.7 Å². The molecule has 2 amide bonds. The van der Waals surface area contributed by atoms with Crippen molar-refractivity contribution in [1.82, 2.24) is 9.88 Å². The first-order valence-corrected chi connectivity index (χ1v) is 14.2. The number of nitrogens with one attached hydrogen (secondary N) is 1. The summed E-state index contributed by atoms with van der Waals surface area (Å²) in [5, 5.41) is 2.78. The van der Waals surface area contributed by atoms with E-state index in [2.05, 4.69) is 22.1 Å². The van der Waals surface area contributed by atoms with Gasteiger partial charge in [0.1, 0.15) is 23.1 Å². The molecule has 3 aliphatic rings. The van der Waals surface area contributed by atoms with Gasteiger partial charge in [-0.15, -0.1) is 0 Å². The Morgan fingerprint density at radius 2 is 1.88 bits per heavy atom. The maximum atomic E-state index is 13.2. The number of carbonyl (C=O) groups is 2. The fourth-order valence-corrected chi connectivity index (χ4v) is 5.39. The van der Waals surface area contributed by atoms with Gasteiger partial charge in [0, 0.05) is 67.1 Å². The van der Waals surface area contributed by atoms with Crippen LogP contribution < -0.4 is 25.4 Å². The van der Waals surface area contributed by atoms with E-state index in [1.807, 2.05) is 31.2 Å². The molecule has 0 spiro atoms. The predicted octanol–water partition coefficient (Wildman–Crippen LogP) is 5.20. The molecule has 1 unspecified atom stereocenters. The second kappa shape index (κ2) is 12.5. The van der Waals surface area contributed by atoms with Crippen LogP contribution in [-0.2, 0) is 17.4 Å². The minimum absolute atomic E-state index is 0.000606. The van der Waals surface area contributed by atoms with Crippen LogP contribution in [0.25, 0.3) is 0 Å². The molecule has 1 saturated heterocycles. The number of nitrogens with zero attached hydrogens (tertiary/aromatic N) is 3. The number of carbonyl (C=O) groups excluding carboxylic acids is 2. The van der Waals surface area contributed by atoms with Crippen LogP contribution in [0.15, 0.2) is 48.7 Å². The highest BCUT2D eigenvalue weighted by molar-refractivity contribution is 5.94. The van der Waals surface area contributed by atoms with E-state index in [9.17, 15) is 22.8 Å². The number of pyridine rings is 1. The molecule has 9 nitrogen and oxygen atoms in total. The van der Waals surface area contributed by atoms with Crippen molar-refractivity contribution in [1.29, 1.82) is 0 Å². The summed E-state index contributed by atoms with van der Waals surface area (Å²) in [6, 6.07) is 11.2. The van der Waals surface area contributed by atoms with Crippen molar-refractivity contribution < 1.29 is 32.2 Å². The first kappa shape index (κ1) is 30.1. The van der Waals surface area contributed by atoms with Gasteiger partial charge in [-0.05, 0) is 55.4 Å². The smallest absolute Gasteiger partial charge is 0.418 e. The van der Waals surface area contributed by atoms with Crippen molar-refractivity contribution >= 4 is 23.3 Å². The minimum Gasteiger partial charge on any atom is -0.493 e. The summed E-state index contributed by atoms with van der Waals surface area (Å²) in [7, 11) is 0. The fourth-order valence-electron chi connectivity index (χ4n) is 5.39. The number of hydrogen-bond acceptors (Lipinski definition) is 7. The number of anilines is 2. The Bertz CT molecular complexity index is 1510. The first-order chi connectivity index (χ1) is 20.5. The van der Waals surface area contributed by atoms with Gasteiger partial charge < -0.3 is 30.3 Å². The summed E-state index contributed by atoms with van der Waals surface area (Å²) in [6.45, 7) is 8.30. The molecule has 0 radical (unpaired) electrons. The molecule has 1 fully saturated rings. The lowest BCUT2D eigenvalue weighted by Gasteiger charge is -2.36. The summed E-state index contributed by atoms with van der Waals surface area (Å²) in [5.41, 5.74) is 6.38. The summed E-state index contributed by atoms with van der Waals surface area (Å²) in [6.07, 6.45) is -1.75. The third kappa shape index (κ3) is 6.85. The molecule has 12 heteroatoms. The number of fused-ring (bicyclic) bond motifs is 2. The predicted molar refractivity (Wildman–Crippen MR) is 156 cm³/mol. The fraction of sp³-hybridized carbons (Fsp3) is 0.387. The van der Waals surface area contributed by atoms with Gasteiger partial charge in [-0.1, -0.05) is 13.8 Å². The maximum Gasteiger partial charge on any atom is 0.418 e. The zero-order valence-corrected chi connectivity index (χ0v) is 24.0. The van der Waals surface area contributed by atoms with E-state index >= 15 is 0 Å². The standard InChI is InChI=1S/C17H16N2O3.C14H18F3N3O/c1-10-9-21-14-4-2-11(8-13(10)14)22-15-6-7-18-17-12(15)3-5-16(20)19-17;1-2-19-5-7-20(8-6-19)12-4-3-10(13(18)21)9-11(12)14(15,16)17/h2,4,6-8,10H,3,5,9H2,1H3,(H,18,19,20);3-4,9H,2,5-8H2,1H3,(H2,18,21). The van der Waals surface area contributed by atoms with Crippen LogP contribution in [-0.4, -0.2) is 61.0 Å². The third-order valence-electron chi connectivity index (χ3n) is 7.85. The van der Waals surface area contributed by atoms with Gasteiger partial charge in [-0.3, -0.25) is 9.59 Å². The van der Waals surface area contributed by atoms with Crippen molar-refractivity contribution in [3.05, 3.63) is 70.9 Å². The summed E-state index contributed by atoms with van der Waals surface area (Å²) in [5.74, 6) is 2.58. The number of primary amides is 1. The Hall–Kier alpha value is -4.32. The third-order valence-corrected chi connectivity index (χ3v) is 7.85. The van der Waals surface area contributed by atoms with Crippen LogP contribution in [0.1, 0.15) is 53.2 Å². The van der Waals surface area contributed by atoms with Crippen molar-refractivity contribution in [2.45, 2.75) is 38.8 Å². The molecule has 0 aliphatic carbocycles. The van der Waals surface area contributed by atoms with Crippen molar-refractivity contribution in [2.24, 2.45) is 5.73 Å². The molecular weight excluding hydrogens is 563 g/mol. The van der Waals surface area contributed by atoms with E-state index < -0.39 is 17.6 Å². The Kier molecular flexibility index (Phi) is 8.77. The molecule has 6 rings (SSSR count). The quantitative estimate of drug-likeness (QED) is 0.416. The highest BCUT2D eigenvalue weighted by Gasteiger charge is 2.36. The average molecular weight is 598 g/mol. The monoisotopic (exact) mass is 597 g/mol. The van der Waals surface area contributed by atoms with Gasteiger partial charge in [0.2, 0.25) is 11.8 Å². The summed E-state index contributed by atoms with van der Waals surface area (Å²) < 4.78 is 51.2. The van der Waals surface area contributed by atoms with Crippen molar-refractivity contribution in [3.63, 3.8) is 0 Å². The highest BCUT2D eigenvalue weighted by atomic mass is 19.4. The summed E-state index contributed by atoms with van der Waals surface area (Å²) >= 11 is 0. The molecule has 3 aromatic rings. The van der Waals surface area contributed by atoms with Gasteiger partial charge in [-0.2, -0.15) is 13.2 Å². The lowest BCUT2D eigenvalue weighted by atomic mass is 10.0. The van der Waals surface area contributed by atoms with Crippen molar-refractivity contribution in [2.75, 3.05) is 49.5 Å². The lowest BCUT2D eigenvalue weighted by Crippen LogP contribution is -2.46. The largest absolute Gasteiger partial charge is 0.493 e. The molecule has 3 N–H and O–H groups in total. The molecule has 228 valence electrons. The molecule has 2 aromatic carbocycles. The number of piperazine rings is 1. The van der Waals surface area contributed by atoms with Gasteiger partial charge in [0.25, 0.3) is 0 Å². The SMILES string of the molecule is CC1COc2ccc(Oc3ccnc4c3CCC(=O)N4)cc21.CCN1CCN(c2ccc(C(N)=O)cc2C(F)(F)F)CC1. The Morgan fingerprint density at radius 1 is 1.12 bits per heavy atom. The second-order valence-electron chi connectivity index (χ2n) is 10.7. The second-order valence-corrected chi connectivity index (χ2v) is 10.7. The Labute approximate surface area is 247 Å². The van der Waals surface area contributed by atoms with E-state index in [0.29, 0.717) is 37.7 Å². The number of ether oxygens (including phenoxy) is 2. The zero-order chi connectivity index (χ0) is 30.7. The normalized spacial score (nSPS) is 18.0. The molecule has 1 aromatic heterocycles. The van der Waals surface area contributed by atoms with Crippen LogP contribution >= 0.6 is 0 Å². The van der Waals surface area contributed by atoms with Gasteiger partial charge >= 0.3 is 6.18 Å². The van der Waals surface area contributed by atoms with E-state index in [1.54, 1.807) is 11.1 Å². The number of nitrogens with two attached hydrogens (primary N) is 1. The van der Waals surface area contributed by atoms with E-state index in [4.69, 9.17) is 15.2 Å². The maximum absolute atomic E-state index is 13.2.